The molecule has 5 nitrogen and oxygen atoms in total. The van der Waals surface area contributed by atoms with Crippen molar-refractivity contribution in [1.29, 1.82) is 0 Å². The first kappa shape index (κ1) is 21.2. The van der Waals surface area contributed by atoms with E-state index in [1.807, 2.05) is 0 Å². The summed E-state index contributed by atoms with van der Waals surface area (Å²) in [5, 5.41) is 0. The molecule has 1 amide bonds. The lowest BCUT2D eigenvalue weighted by Crippen LogP contribution is -2.38. The fourth-order valence-electron chi connectivity index (χ4n) is 5.18. The van der Waals surface area contributed by atoms with Gasteiger partial charge in [-0.05, 0) is 67.6 Å². The third-order valence-electron chi connectivity index (χ3n) is 7.17. The Morgan fingerprint density at radius 2 is 2.07 bits per heavy atom. The number of aliphatic imine (C=N–C) groups is 1. The van der Waals surface area contributed by atoms with Crippen LogP contribution in [0.1, 0.15) is 67.7 Å². The molecule has 1 spiro atoms. The molecule has 30 heavy (non-hydrogen) atoms. The van der Waals surface area contributed by atoms with E-state index in [0.717, 1.165) is 31.6 Å². The number of ether oxygens (including phenoxy) is 1. The Balaban J connectivity index is 1.60. The van der Waals surface area contributed by atoms with Crippen molar-refractivity contribution in [3.8, 4) is 0 Å². The molecule has 2 saturated carbocycles. The molecule has 164 valence electrons. The van der Waals surface area contributed by atoms with Crippen molar-refractivity contribution in [3.05, 3.63) is 34.9 Å². The minimum absolute atomic E-state index is 0.159. The van der Waals surface area contributed by atoms with Crippen LogP contribution in [0, 0.1) is 11.3 Å². The van der Waals surface area contributed by atoms with Crippen LogP contribution in [0.25, 0.3) is 0 Å². The third-order valence-corrected chi connectivity index (χ3v) is 7.17. The minimum Gasteiger partial charge on any atom is -0.369 e. The number of fused-ring (bicyclic) bond motifs is 1. The highest BCUT2D eigenvalue weighted by molar-refractivity contribution is 5.87. The normalized spacial score (nSPS) is 28.7. The lowest BCUT2D eigenvalue weighted by Gasteiger charge is -2.40. The molecule has 0 radical (unpaired) electrons. The molecule has 1 aromatic rings. The summed E-state index contributed by atoms with van der Waals surface area (Å²) in [6, 6.07) is 6.52. The van der Waals surface area contributed by atoms with Crippen LogP contribution in [0.5, 0.6) is 0 Å². The lowest BCUT2D eigenvalue weighted by molar-refractivity contribution is -0.175. The van der Waals surface area contributed by atoms with Crippen molar-refractivity contribution in [1.82, 2.24) is 4.90 Å². The zero-order chi connectivity index (χ0) is 21.3. The summed E-state index contributed by atoms with van der Waals surface area (Å²) in [4.78, 5) is 17.3. The number of carbonyl (C=O) groups is 1. The summed E-state index contributed by atoms with van der Waals surface area (Å²) in [5.74, 6) is 1.07. The van der Waals surface area contributed by atoms with Crippen molar-refractivity contribution in [2.75, 3.05) is 7.05 Å². The Morgan fingerprint density at radius 3 is 2.70 bits per heavy atom. The molecule has 1 aromatic carbocycles. The average molecular weight is 420 g/mol. The van der Waals surface area contributed by atoms with Crippen LogP contribution in [0.15, 0.2) is 23.2 Å². The number of halogens is 2. The molecule has 2 fully saturated rings. The Kier molecular flexibility index (Phi) is 6.09. The van der Waals surface area contributed by atoms with Gasteiger partial charge in [0.2, 0.25) is 6.41 Å². The molecule has 1 unspecified atom stereocenters. The molecule has 3 aliphatic rings. The molecule has 0 heterocycles. The van der Waals surface area contributed by atoms with E-state index in [9.17, 15) is 13.6 Å². The van der Waals surface area contributed by atoms with E-state index in [0.29, 0.717) is 19.3 Å². The number of hydrogen-bond acceptors (Lipinski definition) is 3. The predicted molar refractivity (Wildman–Crippen MR) is 111 cm³/mol. The Hall–Kier alpha value is -2.02. The van der Waals surface area contributed by atoms with E-state index >= 15 is 0 Å². The van der Waals surface area contributed by atoms with Gasteiger partial charge in [-0.3, -0.25) is 9.69 Å². The second-order valence-electron chi connectivity index (χ2n) is 9.26. The zero-order valence-corrected chi connectivity index (χ0v) is 17.5. The van der Waals surface area contributed by atoms with Gasteiger partial charge < -0.3 is 10.5 Å². The summed E-state index contributed by atoms with van der Waals surface area (Å²) in [6.45, 7) is -2.73. The highest BCUT2D eigenvalue weighted by Crippen LogP contribution is 2.56. The highest BCUT2D eigenvalue weighted by Gasteiger charge is 2.48. The lowest BCUT2D eigenvalue weighted by atomic mass is 9.68. The van der Waals surface area contributed by atoms with Crippen LogP contribution >= 0.6 is 0 Å². The van der Waals surface area contributed by atoms with Crippen LogP contribution in [-0.2, 0) is 22.4 Å². The first-order chi connectivity index (χ1) is 14.4. The van der Waals surface area contributed by atoms with Gasteiger partial charge in [0.05, 0.1) is 12.1 Å². The van der Waals surface area contributed by atoms with Crippen LogP contribution in [0.3, 0.4) is 0 Å². The maximum Gasteiger partial charge on any atom is 0.345 e. The van der Waals surface area contributed by atoms with Gasteiger partial charge in [-0.1, -0.05) is 31.0 Å². The van der Waals surface area contributed by atoms with Crippen molar-refractivity contribution < 1.29 is 18.3 Å². The number of carbonyl (C=O) groups excluding carboxylic acids is 1. The minimum atomic E-state index is -2.73. The van der Waals surface area contributed by atoms with Crippen molar-refractivity contribution in [2.24, 2.45) is 22.1 Å². The fourth-order valence-corrected chi connectivity index (χ4v) is 5.18. The summed E-state index contributed by atoms with van der Waals surface area (Å²) in [7, 11) is 1.59. The maximum atomic E-state index is 12.7. The first-order valence-corrected chi connectivity index (χ1v) is 11.0. The maximum absolute atomic E-state index is 12.7. The van der Waals surface area contributed by atoms with E-state index in [1.165, 1.54) is 40.9 Å². The molecule has 1 atom stereocenters. The quantitative estimate of drug-likeness (QED) is 0.409. The number of guanidine groups is 1. The zero-order valence-electron chi connectivity index (χ0n) is 17.5. The first-order valence-electron chi connectivity index (χ1n) is 11.0. The van der Waals surface area contributed by atoms with Crippen molar-refractivity contribution in [2.45, 2.75) is 76.5 Å². The summed E-state index contributed by atoms with van der Waals surface area (Å²) < 4.78 is 30.1. The molecular formula is C23H31F2N3O2. The van der Waals surface area contributed by atoms with E-state index in [4.69, 9.17) is 15.5 Å². The molecule has 2 N–H and O–H groups in total. The average Bonchev–Trinajstić information content (AvgIpc) is 3.52. The van der Waals surface area contributed by atoms with Gasteiger partial charge in [0.25, 0.3) is 0 Å². The molecule has 0 bridgehead atoms. The molecule has 7 heteroatoms. The van der Waals surface area contributed by atoms with Gasteiger partial charge in [-0.25, -0.2) is 4.99 Å². The topological polar surface area (TPSA) is 67.9 Å². The van der Waals surface area contributed by atoms with E-state index in [1.54, 1.807) is 7.05 Å². The second-order valence-corrected chi connectivity index (χ2v) is 9.26. The number of nitrogens with zero attached hydrogens (tertiary/aromatic N) is 2. The number of benzene rings is 1. The Labute approximate surface area is 176 Å². The van der Waals surface area contributed by atoms with Gasteiger partial charge in [-0.2, -0.15) is 8.78 Å². The summed E-state index contributed by atoms with van der Waals surface area (Å²) in [6.07, 6.45) is 8.76. The number of nitrogens with two attached hydrogens (primary N) is 1. The number of rotatable bonds is 7. The molecule has 0 aromatic heterocycles. The van der Waals surface area contributed by atoms with Gasteiger partial charge in [0.1, 0.15) is 0 Å². The molecule has 4 rings (SSSR count). The second kappa shape index (κ2) is 8.61. The molecular weight excluding hydrogens is 388 g/mol. The monoisotopic (exact) mass is 419 g/mol. The molecule has 0 aliphatic heterocycles. The van der Waals surface area contributed by atoms with E-state index in [2.05, 4.69) is 18.2 Å². The third kappa shape index (κ3) is 4.51. The molecule has 0 saturated heterocycles. The van der Waals surface area contributed by atoms with Crippen molar-refractivity contribution >= 4 is 12.4 Å². The van der Waals surface area contributed by atoms with E-state index < -0.39 is 12.7 Å². The van der Waals surface area contributed by atoms with Crippen LogP contribution in [0.4, 0.5) is 8.78 Å². The molecule has 3 aliphatic carbocycles. The van der Waals surface area contributed by atoms with Crippen molar-refractivity contribution in [3.63, 3.8) is 0 Å². The summed E-state index contributed by atoms with van der Waals surface area (Å²) >= 11 is 0. The number of hydrogen-bond donors (Lipinski definition) is 1. The Bertz CT molecular complexity index is 802. The van der Waals surface area contributed by atoms with E-state index in [-0.39, 0.29) is 17.4 Å². The number of amides is 1. The number of alkyl halides is 2. The Morgan fingerprint density at radius 1 is 1.33 bits per heavy atom. The standard InChI is InChI=1S/C23H31F2N3O2/c1-28(14-29)22(26)27-20-19-12-16(5-4-15-2-3-15)6-7-17(19)13-23(20)10-8-18(9-11-23)30-21(24)25/h6-7,12,14-15,18,20-21H,2-5,8-11,13H2,1H3,(H2,26,27)/t18-,20?,23-. The largest absolute Gasteiger partial charge is 0.369 e. The fraction of sp³-hybridized carbons (Fsp3) is 0.652. The van der Waals surface area contributed by atoms with Gasteiger partial charge in [-0.15, -0.1) is 0 Å². The van der Waals surface area contributed by atoms with Gasteiger partial charge in [0, 0.05) is 12.5 Å². The van der Waals surface area contributed by atoms with Crippen LogP contribution in [0.2, 0.25) is 0 Å². The summed E-state index contributed by atoms with van der Waals surface area (Å²) in [5.41, 5.74) is 9.71. The predicted octanol–water partition coefficient (Wildman–Crippen LogP) is 4.20. The van der Waals surface area contributed by atoms with Gasteiger partial charge in [0.15, 0.2) is 5.96 Å². The smallest absolute Gasteiger partial charge is 0.345 e. The SMILES string of the molecule is CN(C=O)/C(N)=N\C1c2cc(CCC3CC3)ccc2C[C@]12CC[C@@H](OC(F)F)CC2. The van der Waals surface area contributed by atoms with Gasteiger partial charge >= 0.3 is 6.61 Å². The van der Waals surface area contributed by atoms with Crippen LogP contribution in [-0.4, -0.2) is 37.0 Å². The highest BCUT2D eigenvalue weighted by atomic mass is 19.3. The van der Waals surface area contributed by atoms with Crippen LogP contribution < -0.4 is 5.73 Å². The number of aryl methyl sites for hydroxylation is 1.